The van der Waals surface area contributed by atoms with Crippen LogP contribution in [0.4, 0.5) is 10.1 Å². The van der Waals surface area contributed by atoms with Crippen LogP contribution in [0.15, 0.2) is 15.7 Å². The van der Waals surface area contributed by atoms with Crippen LogP contribution in [0.1, 0.15) is 32.2 Å². The van der Waals surface area contributed by atoms with E-state index in [0.29, 0.717) is 34.9 Å². The summed E-state index contributed by atoms with van der Waals surface area (Å²) in [6, 6.07) is 1.47. The first-order valence-electron chi connectivity index (χ1n) is 9.88. The summed E-state index contributed by atoms with van der Waals surface area (Å²) in [5.74, 6) is 0.125. The molecule has 154 valence electrons. The first kappa shape index (κ1) is 18.6. The number of halogens is 1. The molecule has 0 amide bonds. The molecular weight excluding hydrogens is 395 g/mol. The van der Waals surface area contributed by atoms with E-state index in [1.165, 1.54) is 13.2 Å². The lowest BCUT2D eigenvalue weighted by molar-refractivity contribution is 0.413. The first-order chi connectivity index (χ1) is 13.9. The summed E-state index contributed by atoms with van der Waals surface area (Å²) < 4.78 is 25.7. The average molecular weight is 418 g/mol. The fourth-order valence-electron chi connectivity index (χ4n) is 4.51. The lowest BCUT2D eigenvalue weighted by Gasteiger charge is -2.25. The van der Waals surface area contributed by atoms with E-state index in [4.69, 9.17) is 10.5 Å². The van der Waals surface area contributed by atoms with Gasteiger partial charge in [0.2, 0.25) is 5.43 Å². The second-order valence-electron chi connectivity index (χ2n) is 8.13. The minimum atomic E-state index is -0.509. The summed E-state index contributed by atoms with van der Waals surface area (Å²) in [5.41, 5.74) is 6.14. The summed E-state index contributed by atoms with van der Waals surface area (Å²) in [5, 5.41) is 0.288. The molecule has 1 aromatic carbocycles. The Hall–Kier alpha value is -2.39. The van der Waals surface area contributed by atoms with Gasteiger partial charge in [0.1, 0.15) is 15.9 Å². The lowest BCUT2D eigenvalue weighted by atomic mass is 10.0. The number of methoxy groups -OCH3 is 1. The van der Waals surface area contributed by atoms with Crippen LogP contribution in [-0.2, 0) is 0 Å². The molecule has 2 atom stereocenters. The second-order valence-corrected chi connectivity index (χ2v) is 8.93. The predicted molar refractivity (Wildman–Crippen MR) is 113 cm³/mol. The van der Waals surface area contributed by atoms with Gasteiger partial charge in [-0.15, -0.1) is 0 Å². The van der Waals surface area contributed by atoms with Crippen molar-refractivity contribution in [2.45, 2.75) is 38.3 Å². The second kappa shape index (κ2) is 6.56. The number of benzene rings is 1. The highest BCUT2D eigenvalue weighted by Crippen LogP contribution is 2.46. The molecule has 3 heterocycles. The van der Waals surface area contributed by atoms with Crippen molar-refractivity contribution in [3.63, 3.8) is 0 Å². The molecule has 5 rings (SSSR count). The van der Waals surface area contributed by atoms with Crippen molar-refractivity contribution in [2.24, 2.45) is 11.7 Å². The van der Waals surface area contributed by atoms with Crippen molar-refractivity contribution in [3.8, 4) is 5.75 Å². The molecule has 2 fully saturated rings. The molecule has 1 aliphatic heterocycles. The van der Waals surface area contributed by atoms with Crippen molar-refractivity contribution in [1.82, 2.24) is 8.94 Å². The average Bonchev–Trinajstić information content (AvgIpc) is 3.26. The van der Waals surface area contributed by atoms with Crippen molar-refractivity contribution in [3.05, 3.63) is 32.5 Å². The topological polar surface area (TPSA) is 93.3 Å². The van der Waals surface area contributed by atoms with Crippen LogP contribution >= 0.6 is 11.5 Å². The van der Waals surface area contributed by atoms with Crippen LogP contribution in [-0.4, -0.2) is 35.2 Å². The van der Waals surface area contributed by atoms with E-state index in [1.807, 2.05) is 16.4 Å². The molecule has 29 heavy (non-hydrogen) atoms. The number of fused-ring (bicyclic) bond motifs is 2. The number of nitrogens with two attached hydrogens (primary N) is 1. The van der Waals surface area contributed by atoms with Crippen molar-refractivity contribution < 1.29 is 9.13 Å². The Morgan fingerprint density at radius 2 is 2.10 bits per heavy atom. The van der Waals surface area contributed by atoms with E-state index in [-0.39, 0.29) is 28.8 Å². The number of hydrogen-bond donors (Lipinski definition) is 2. The summed E-state index contributed by atoms with van der Waals surface area (Å²) >= 11 is 1.15. The van der Waals surface area contributed by atoms with Gasteiger partial charge < -0.3 is 19.9 Å². The number of H-pyrrole nitrogens is 1. The third-order valence-electron chi connectivity index (χ3n) is 6.20. The quantitative estimate of drug-likeness (QED) is 0.679. The number of nitrogens with zero attached hydrogens (tertiary/aromatic N) is 2. The van der Waals surface area contributed by atoms with E-state index in [9.17, 15) is 9.59 Å². The minimum Gasteiger partial charge on any atom is -0.492 e. The lowest BCUT2D eigenvalue weighted by Crippen LogP contribution is -2.30. The number of pyridine rings is 1. The van der Waals surface area contributed by atoms with Gasteiger partial charge in [-0.25, -0.2) is 4.39 Å². The van der Waals surface area contributed by atoms with Crippen LogP contribution in [0.5, 0.6) is 5.75 Å². The Labute approximate surface area is 170 Å². The monoisotopic (exact) mass is 418 g/mol. The van der Waals surface area contributed by atoms with Crippen LogP contribution < -0.4 is 26.4 Å². The molecule has 1 aliphatic carbocycles. The smallest absolute Gasteiger partial charge is 0.271 e. The molecule has 7 nitrogen and oxygen atoms in total. The number of rotatable bonds is 4. The molecule has 1 saturated heterocycles. The molecular formula is C20H23FN4O3S. The van der Waals surface area contributed by atoms with Crippen LogP contribution in [0.3, 0.4) is 0 Å². The maximum absolute atomic E-state index is 15.3. The highest BCUT2D eigenvalue weighted by Gasteiger charge is 2.34. The Kier molecular flexibility index (Phi) is 4.22. The largest absolute Gasteiger partial charge is 0.492 e. The molecule has 1 unspecified atom stereocenters. The molecule has 3 N–H and O–H groups in total. The van der Waals surface area contributed by atoms with Crippen LogP contribution in [0.2, 0.25) is 0 Å². The van der Waals surface area contributed by atoms with Crippen molar-refractivity contribution in [1.29, 1.82) is 0 Å². The summed E-state index contributed by atoms with van der Waals surface area (Å²) in [6.45, 7) is 3.29. The molecule has 9 heteroatoms. The Bertz CT molecular complexity index is 1240. The van der Waals surface area contributed by atoms with Crippen LogP contribution in [0.25, 0.3) is 21.1 Å². The molecule has 0 radical (unpaired) electrons. The van der Waals surface area contributed by atoms with Gasteiger partial charge in [0, 0.05) is 25.2 Å². The van der Waals surface area contributed by atoms with Crippen molar-refractivity contribution in [2.75, 3.05) is 25.1 Å². The molecule has 2 aromatic heterocycles. The predicted octanol–water partition coefficient (Wildman–Crippen LogP) is 2.56. The molecule has 2 aliphatic rings. The van der Waals surface area contributed by atoms with E-state index in [2.05, 4.69) is 4.37 Å². The minimum absolute atomic E-state index is 0.0240. The Morgan fingerprint density at radius 1 is 1.34 bits per heavy atom. The molecule has 3 aromatic rings. The highest BCUT2D eigenvalue weighted by molar-refractivity contribution is 7.12. The van der Waals surface area contributed by atoms with Gasteiger partial charge in [-0.3, -0.25) is 14.0 Å². The molecule has 1 saturated carbocycles. The van der Waals surface area contributed by atoms with E-state index in [0.717, 1.165) is 30.8 Å². The fourth-order valence-corrected chi connectivity index (χ4v) is 5.42. The van der Waals surface area contributed by atoms with Gasteiger partial charge >= 0.3 is 0 Å². The van der Waals surface area contributed by atoms with E-state index >= 15 is 4.39 Å². The number of nitrogens with one attached hydrogen (secondary N) is 1. The zero-order valence-electron chi connectivity index (χ0n) is 16.3. The maximum atomic E-state index is 15.3. The number of ether oxygens (including phenoxy) is 1. The first-order valence-corrected chi connectivity index (χ1v) is 10.7. The van der Waals surface area contributed by atoms with Gasteiger partial charge in [-0.1, -0.05) is 0 Å². The van der Waals surface area contributed by atoms with Gasteiger partial charge in [-0.2, -0.15) is 0 Å². The normalized spacial score (nSPS) is 20.7. The maximum Gasteiger partial charge on any atom is 0.271 e. The zero-order chi connectivity index (χ0) is 20.4. The summed E-state index contributed by atoms with van der Waals surface area (Å²) in [7, 11) is 1.50. The fraction of sp³-hybridized carbons (Fsp3) is 0.500. The third-order valence-corrected chi connectivity index (χ3v) is 7.08. The van der Waals surface area contributed by atoms with Gasteiger partial charge in [-0.05, 0) is 49.7 Å². The Morgan fingerprint density at radius 3 is 2.72 bits per heavy atom. The van der Waals surface area contributed by atoms with Gasteiger partial charge in [0.05, 0.1) is 18.0 Å². The number of aromatic amines is 1. The summed E-state index contributed by atoms with van der Waals surface area (Å²) in [6.07, 6.45) is 2.78. The van der Waals surface area contributed by atoms with Crippen LogP contribution in [0, 0.1) is 11.7 Å². The SMILES string of the molecule is COc1c(N2CC[C@@H](C(C)N)C2)c(F)cc2c(=O)c3c(=O)[nH]sc3n(C3CC3)c12. The molecule has 0 spiro atoms. The van der Waals surface area contributed by atoms with Gasteiger partial charge in [0.25, 0.3) is 5.56 Å². The van der Waals surface area contributed by atoms with E-state index in [1.54, 1.807) is 0 Å². The zero-order valence-corrected chi connectivity index (χ0v) is 17.1. The summed E-state index contributed by atoms with van der Waals surface area (Å²) in [4.78, 5) is 27.9. The highest BCUT2D eigenvalue weighted by atomic mass is 32.1. The standard InChI is InChI=1S/C20H23FN4O3S/c1-9(22)10-5-6-24(8-10)16-13(21)7-12-15(18(16)28-2)25(11-3-4-11)20-14(17(12)26)19(27)23-29-20/h7,9-11H,3-6,8,22H2,1-2H3,(H,23,27)/t9?,10-/m1/s1. The number of aromatic nitrogens is 2. The number of anilines is 1. The van der Waals surface area contributed by atoms with Gasteiger partial charge in [0.15, 0.2) is 11.6 Å². The number of hydrogen-bond acceptors (Lipinski definition) is 6. The van der Waals surface area contributed by atoms with Crippen molar-refractivity contribution >= 4 is 38.3 Å². The Balaban J connectivity index is 1.84. The third kappa shape index (κ3) is 2.71. The van der Waals surface area contributed by atoms with E-state index < -0.39 is 16.8 Å². The molecule has 0 bridgehead atoms.